The van der Waals surface area contributed by atoms with Crippen LogP contribution in [0.2, 0.25) is 0 Å². The molecule has 31 heavy (non-hydrogen) atoms. The molecule has 0 bridgehead atoms. The van der Waals surface area contributed by atoms with Crippen LogP contribution in [-0.2, 0) is 9.53 Å². The lowest BCUT2D eigenvalue weighted by molar-refractivity contribution is -0.126. The molecule has 1 amide bonds. The number of amides is 1. The van der Waals surface area contributed by atoms with Crippen LogP contribution in [0.5, 0.6) is 5.75 Å². The predicted octanol–water partition coefficient (Wildman–Crippen LogP) is 3.09. The van der Waals surface area contributed by atoms with Gasteiger partial charge >= 0.3 is 0 Å². The number of rotatable bonds is 8. The average Bonchev–Trinajstić information content (AvgIpc) is 3.22. The van der Waals surface area contributed by atoms with E-state index in [4.69, 9.17) is 9.47 Å². The zero-order valence-electron chi connectivity index (χ0n) is 17.3. The molecule has 0 aliphatic carbocycles. The molecule has 2 unspecified atom stereocenters. The molecule has 0 aliphatic heterocycles. The van der Waals surface area contributed by atoms with Gasteiger partial charge in [0.15, 0.2) is 0 Å². The lowest BCUT2D eigenvalue weighted by Crippen LogP contribution is -2.40. The zero-order valence-corrected chi connectivity index (χ0v) is 17.3. The van der Waals surface area contributed by atoms with E-state index >= 15 is 0 Å². The predicted molar refractivity (Wildman–Crippen MR) is 116 cm³/mol. The van der Waals surface area contributed by atoms with Gasteiger partial charge in [-0.05, 0) is 36.8 Å². The largest absolute Gasteiger partial charge is 0.484 e. The molecule has 0 aliphatic rings. The smallest absolute Gasteiger partial charge is 0.251 e. The molecule has 8 nitrogen and oxygen atoms in total. The number of methoxy groups -OCH3 is 1. The van der Waals surface area contributed by atoms with Crippen LogP contribution in [0.4, 0.5) is 0 Å². The average molecular weight is 417 g/mol. The Bertz CT molecular complexity index is 1150. The van der Waals surface area contributed by atoms with Gasteiger partial charge in [-0.3, -0.25) is 4.79 Å². The Morgan fingerprint density at radius 1 is 1.10 bits per heavy atom. The van der Waals surface area contributed by atoms with Crippen molar-refractivity contribution in [1.29, 1.82) is 0 Å². The van der Waals surface area contributed by atoms with E-state index in [1.807, 2.05) is 55.5 Å². The standard InChI is InChI=1S/C23H23N5O3/c1-16(27-21(29)15-30-2)22(17-7-4-3-5-8-17)31-19-9-10-20-18(13-19)14-26-28(20)23-24-11-6-12-25-23/h3-14,16,22H,15H2,1-2H3,(H,27,29). The monoisotopic (exact) mass is 417 g/mol. The number of hydrogen-bond acceptors (Lipinski definition) is 6. The first-order valence-corrected chi connectivity index (χ1v) is 9.91. The minimum Gasteiger partial charge on any atom is -0.484 e. The van der Waals surface area contributed by atoms with Gasteiger partial charge < -0.3 is 14.8 Å². The van der Waals surface area contributed by atoms with Crippen molar-refractivity contribution in [1.82, 2.24) is 25.1 Å². The third-order valence-electron chi connectivity index (χ3n) is 4.79. The molecule has 2 aromatic heterocycles. The number of nitrogens with one attached hydrogen (secondary N) is 1. The summed E-state index contributed by atoms with van der Waals surface area (Å²) in [6.45, 7) is 1.91. The summed E-state index contributed by atoms with van der Waals surface area (Å²) in [4.78, 5) is 20.6. The number of carbonyl (C=O) groups excluding carboxylic acids is 1. The SMILES string of the molecule is COCC(=O)NC(C)C(Oc1ccc2c(cnn2-c2ncccn2)c1)c1ccccc1. The summed E-state index contributed by atoms with van der Waals surface area (Å²) < 4.78 is 12.9. The van der Waals surface area contributed by atoms with Crippen LogP contribution < -0.4 is 10.1 Å². The summed E-state index contributed by atoms with van der Waals surface area (Å²) >= 11 is 0. The van der Waals surface area contributed by atoms with Gasteiger partial charge in [-0.15, -0.1) is 0 Å². The highest BCUT2D eigenvalue weighted by Gasteiger charge is 2.23. The molecule has 2 heterocycles. The van der Waals surface area contributed by atoms with Gasteiger partial charge in [0.05, 0.1) is 17.8 Å². The summed E-state index contributed by atoms with van der Waals surface area (Å²) in [6, 6.07) is 17.0. The van der Waals surface area contributed by atoms with Crippen LogP contribution in [-0.4, -0.2) is 45.4 Å². The van der Waals surface area contributed by atoms with Gasteiger partial charge in [0.2, 0.25) is 5.91 Å². The van der Waals surface area contributed by atoms with E-state index in [9.17, 15) is 4.79 Å². The Morgan fingerprint density at radius 2 is 1.87 bits per heavy atom. The highest BCUT2D eigenvalue weighted by molar-refractivity contribution is 5.81. The minimum absolute atomic E-state index is 0.00144. The maximum absolute atomic E-state index is 12.0. The second kappa shape index (κ2) is 9.36. The fraction of sp³-hybridized carbons (Fsp3) is 0.217. The van der Waals surface area contributed by atoms with E-state index in [1.165, 1.54) is 7.11 Å². The summed E-state index contributed by atoms with van der Waals surface area (Å²) in [7, 11) is 1.49. The van der Waals surface area contributed by atoms with E-state index in [1.54, 1.807) is 29.3 Å². The first-order valence-electron chi connectivity index (χ1n) is 9.91. The fourth-order valence-corrected chi connectivity index (χ4v) is 3.39. The number of hydrogen-bond donors (Lipinski definition) is 1. The molecule has 1 N–H and O–H groups in total. The van der Waals surface area contributed by atoms with Crippen LogP contribution in [0.1, 0.15) is 18.6 Å². The number of fused-ring (bicyclic) bond motifs is 1. The molecule has 0 fully saturated rings. The van der Waals surface area contributed by atoms with Crippen molar-refractivity contribution in [2.24, 2.45) is 0 Å². The molecular weight excluding hydrogens is 394 g/mol. The Balaban J connectivity index is 1.61. The van der Waals surface area contributed by atoms with Crippen LogP contribution in [0.3, 0.4) is 0 Å². The second-order valence-electron chi connectivity index (χ2n) is 7.06. The van der Waals surface area contributed by atoms with E-state index in [0.29, 0.717) is 11.7 Å². The van der Waals surface area contributed by atoms with Crippen LogP contribution in [0.15, 0.2) is 73.2 Å². The molecule has 0 saturated carbocycles. The van der Waals surface area contributed by atoms with Gasteiger partial charge in [-0.1, -0.05) is 30.3 Å². The Labute approximate surface area is 179 Å². The van der Waals surface area contributed by atoms with Gasteiger partial charge in [0, 0.05) is 24.9 Å². The third kappa shape index (κ3) is 4.70. The van der Waals surface area contributed by atoms with Crippen LogP contribution in [0, 0.1) is 0 Å². The Kier molecular flexibility index (Phi) is 6.18. The molecule has 0 radical (unpaired) electrons. The molecule has 4 aromatic rings. The number of aromatic nitrogens is 4. The van der Waals surface area contributed by atoms with Crippen molar-refractivity contribution >= 4 is 16.8 Å². The van der Waals surface area contributed by atoms with Gasteiger partial charge in [-0.25, -0.2) is 9.97 Å². The first-order chi connectivity index (χ1) is 15.2. The zero-order chi connectivity index (χ0) is 21.6. The Hall–Kier alpha value is -3.78. The third-order valence-corrected chi connectivity index (χ3v) is 4.79. The first kappa shape index (κ1) is 20.5. The van der Waals surface area contributed by atoms with Crippen LogP contribution >= 0.6 is 0 Å². The lowest BCUT2D eigenvalue weighted by atomic mass is 10.0. The number of nitrogens with zero attached hydrogens (tertiary/aromatic N) is 4. The highest BCUT2D eigenvalue weighted by Crippen LogP contribution is 2.28. The fourth-order valence-electron chi connectivity index (χ4n) is 3.39. The normalized spacial score (nSPS) is 13.0. The van der Waals surface area contributed by atoms with Crippen molar-refractivity contribution in [3.63, 3.8) is 0 Å². The van der Waals surface area contributed by atoms with E-state index in [2.05, 4.69) is 20.4 Å². The topological polar surface area (TPSA) is 91.2 Å². The van der Waals surface area contributed by atoms with Crippen molar-refractivity contribution in [3.05, 3.63) is 78.8 Å². The highest BCUT2D eigenvalue weighted by atomic mass is 16.5. The van der Waals surface area contributed by atoms with Crippen molar-refractivity contribution < 1.29 is 14.3 Å². The van der Waals surface area contributed by atoms with Gasteiger partial charge in [-0.2, -0.15) is 9.78 Å². The summed E-state index contributed by atoms with van der Waals surface area (Å²) in [5.74, 6) is 0.977. The maximum atomic E-state index is 12.0. The van der Waals surface area contributed by atoms with Crippen molar-refractivity contribution in [2.45, 2.75) is 19.1 Å². The molecule has 2 aromatic carbocycles. The summed E-state index contributed by atoms with van der Waals surface area (Å²) in [6.07, 6.45) is 4.72. The minimum atomic E-state index is -0.382. The van der Waals surface area contributed by atoms with E-state index < -0.39 is 0 Å². The van der Waals surface area contributed by atoms with Crippen LogP contribution in [0.25, 0.3) is 16.9 Å². The van der Waals surface area contributed by atoms with E-state index in [0.717, 1.165) is 16.5 Å². The number of carbonyl (C=O) groups is 1. The molecule has 2 atom stereocenters. The number of benzene rings is 2. The molecule has 0 saturated heterocycles. The Morgan fingerprint density at radius 3 is 2.61 bits per heavy atom. The maximum Gasteiger partial charge on any atom is 0.251 e. The van der Waals surface area contributed by atoms with Crippen molar-refractivity contribution in [2.75, 3.05) is 13.7 Å². The summed E-state index contributed by atoms with van der Waals surface area (Å²) in [5.41, 5.74) is 1.83. The molecule has 8 heteroatoms. The molecular formula is C23H23N5O3. The number of ether oxygens (including phenoxy) is 2. The molecule has 158 valence electrons. The second-order valence-corrected chi connectivity index (χ2v) is 7.06. The van der Waals surface area contributed by atoms with Gasteiger partial charge in [0.25, 0.3) is 5.95 Å². The lowest BCUT2D eigenvalue weighted by Gasteiger charge is -2.26. The quantitative estimate of drug-likeness (QED) is 0.474. The van der Waals surface area contributed by atoms with Gasteiger partial charge in [0.1, 0.15) is 18.5 Å². The molecule has 0 spiro atoms. The summed E-state index contributed by atoms with van der Waals surface area (Å²) in [5, 5.41) is 8.24. The van der Waals surface area contributed by atoms with Crippen molar-refractivity contribution in [3.8, 4) is 11.7 Å². The molecule has 4 rings (SSSR count). The van der Waals surface area contributed by atoms with E-state index in [-0.39, 0.29) is 24.7 Å².